The van der Waals surface area contributed by atoms with Crippen molar-refractivity contribution in [2.45, 2.75) is 23.1 Å². The number of hydrogen-bond donors (Lipinski definition) is 6. The predicted octanol–water partition coefficient (Wildman–Crippen LogP) is 3.56. The normalized spacial score (nSPS) is 12.6. The lowest BCUT2D eigenvalue weighted by molar-refractivity contribution is 0.198. The molecule has 21 heteroatoms. The molecule has 0 aliphatic carbocycles. The number of hydrogen-bond acceptors (Lipinski definition) is 16. The third kappa shape index (κ3) is 11.0. The molecule has 256 valence electrons. The quantitative estimate of drug-likeness (QED) is 0.0662. The number of sulfone groups is 1. The average Bonchev–Trinajstić information content (AvgIpc) is 2.99. The van der Waals surface area contributed by atoms with Crippen LogP contribution in [-0.4, -0.2) is 89.4 Å². The highest BCUT2D eigenvalue weighted by Gasteiger charge is 2.20. The zero-order chi connectivity index (χ0) is 34.8. The molecule has 47 heavy (non-hydrogen) atoms. The number of benzene rings is 2. The van der Waals surface area contributed by atoms with Crippen LogP contribution in [-0.2, 0) is 34.8 Å². The van der Waals surface area contributed by atoms with Gasteiger partial charge in [-0.3, -0.25) is 9.11 Å². The number of aliphatic hydroxyl groups excluding tert-OH is 1. The fourth-order valence-electron chi connectivity index (χ4n) is 3.84. The first-order chi connectivity index (χ1) is 22.1. The Morgan fingerprint density at radius 3 is 2.09 bits per heavy atom. The Kier molecular flexibility index (Phi) is 12.8. The summed E-state index contributed by atoms with van der Waals surface area (Å²) in [6, 6.07) is 8.31. The number of anilines is 3. The highest BCUT2D eigenvalue weighted by Crippen LogP contribution is 2.38. The van der Waals surface area contributed by atoms with Gasteiger partial charge in [-0.15, -0.1) is 10.2 Å². The minimum atomic E-state index is -4.84. The molecule has 0 aliphatic heterocycles. The van der Waals surface area contributed by atoms with Crippen LogP contribution in [0.1, 0.15) is 12.0 Å². The van der Waals surface area contributed by atoms with E-state index in [0.29, 0.717) is 25.1 Å². The van der Waals surface area contributed by atoms with Crippen molar-refractivity contribution in [2.75, 3.05) is 61.3 Å². The van der Waals surface area contributed by atoms with Gasteiger partial charge in [0.05, 0.1) is 40.1 Å². The Hall–Kier alpha value is -4.12. The van der Waals surface area contributed by atoms with Crippen molar-refractivity contribution in [1.82, 2.24) is 4.98 Å². The maximum atomic E-state index is 12.3. The topological polar surface area (TPSA) is 285 Å². The lowest BCUT2D eigenvalue weighted by Crippen LogP contribution is -2.21. The minimum absolute atomic E-state index is 0.00514. The molecule has 0 saturated carbocycles. The molecule has 3 aromatic rings. The first kappa shape index (κ1) is 37.3. The Bertz CT molecular complexity index is 1950. The summed E-state index contributed by atoms with van der Waals surface area (Å²) in [6.45, 7) is 1.88. The second-order valence-electron chi connectivity index (χ2n) is 9.77. The molecule has 0 bridgehead atoms. The van der Waals surface area contributed by atoms with E-state index in [4.69, 9.17) is 20.1 Å². The predicted molar refractivity (Wildman–Crippen MR) is 173 cm³/mol. The number of pyridine rings is 1. The first-order valence-electron chi connectivity index (χ1n) is 13.7. The van der Waals surface area contributed by atoms with E-state index < -0.39 is 41.6 Å². The van der Waals surface area contributed by atoms with Gasteiger partial charge in [0.15, 0.2) is 21.5 Å². The maximum absolute atomic E-state index is 12.3. The summed E-state index contributed by atoms with van der Waals surface area (Å²) in [7, 11) is -11.2. The van der Waals surface area contributed by atoms with E-state index >= 15 is 0 Å². The van der Waals surface area contributed by atoms with Gasteiger partial charge >= 0.3 is 0 Å². The van der Waals surface area contributed by atoms with Gasteiger partial charge in [0.25, 0.3) is 20.2 Å². The Morgan fingerprint density at radius 1 is 0.830 bits per heavy atom. The SMILES string of the molecule is COCCCNc1nc(NCCS(=O)(=O)CCO)c(N)c(C)c1/N=N/c1ccc(/N=N/c2ccc(S(=O)(=O)O)cc2)cc1S(=O)(=O)O. The van der Waals surface area contributed by atoms with Gasteiger partial charge in [-0.25, -0.2) is 13.4 Å². The lowest BCUT2D eigenvalue weighted by Gasteiger charge is -2.16. The average molecular weight is 715 g/mol. The van der Waals surface area contributed by atoms with E-state index in [1.54, 1.807) is 14.0 Å². The van der Waals surface area contributed by atoms with Gasteiger partial charge in [0, 0.05) is 32.4 Å². The second-order valence-corrected chi connectivity index (χ2v) is 14.9. The molecule has 0 fully saturated rings. The maximum Gasteiger partial charge on any atom is 0.296 e. The van der Waals surface area contributed by atoms with Crippen LogP contribution in [0.3, 0.4) is 0 Å². The summed E-state index contributed by atoms with van der Waals surface area (Å²) >= 11 is 0. The van der Waals surface area contributed by atoms with Crippen LogP contribution in [0.4, 0.5) is 40.1 Å². The number of nitrogens with one attached hydrogen (secondary N) is 2. The molecule has 0 aliphatic rings. The zero-order valence-electron chi connectivity index (χ0n) is 25.2. The Balaban J connectivity index is 1.95. The van der Waals surface area contributed by atoms with Crippen molar-refractivity contribution in [3.05, 3.63) is 48.0 Å². The van der Waals surface area contributed by atoms with Crippen molar-refractivity contribution in [2.24, 2.45) is 20.5 Å². The summed E-state index contributed by atoms with van der Waals surface area (Å²) in [5.41, 5.74) is 6.82. The molecular formula is C26H34N8O10S3. The number of azo groups is 2. The van der Waals surface area contributed by atoms with Crippen LogP contribution in [0.25, 0.3) is 0 Å². The molecule has 0 unspecified atom stereocenters. The summed E-state index contributed by atoms with van der Waals surface area (Å²) in [6.07, 6.45) is 0.577. The molecule has 3 rings (SSSR count). The molecular weight excluding hydrogens is 681 g/mol. The van der Waals surface area contributed by atoms with Gasteiger partial charge in [-0.05, 0) is 55.8 Å². The fraction of sp³-hybridized carbons (Fsp3) is 0.346. The minimum Gasteiger partial charge on any atom is -0.395 e. The van der Waals surface area contributed by atoms with Crippen molar-refractivity contribution in [1.29, 1.82) is 0 Å². The van der Waals surface area contributed by atoms with Crippen molar-refractivity contribution < 1.29 is 44.2 Å². The Labute approximate surface area is 271 Å². The molecule has 0 amide bonds. The fourth-order valence-corrected chi connectivity index (χ4v) is 5.85. The van der Waals surface area contributed by atoms with Crippen molar-refractivity contribution >= 4 is 70.1 Å². The number of nitrogens with zero attached hydrogens (tertiary/aromatic N) is 5. The summed E-state index contributed by atoms with van der Waals surface area (Å²) < 4.78 is 95.0. The van der Waals surface area contributed by atoms with Crippen LogP contribution in [0.15, 0.2) is 72.7 Å². The number of aliphatic hydroxyl groups is 1. The molecule has 1 aromatic heterocycles. The highest BCUT2D eigenvalue weighted by molar-refractivity contribution is 7.91. The van der Waals surface area contributed by atoms with Crippen LogP contribution < -0.4 is 16.4 Å². The molecule has 0 saturated heterocycles. The highest BCUT2D eigenvalue weighted by atomic mass is 32.2. The number of aromatic nitrogens is 1. The van der Waals surface area contributed by atoms with Crippen LogP contribution in [0, 0.1) is 6.92 Å². The van der Waals surface area contributed by atoms with Crippen molar-refractivity contribution in [3.63, 3.8) is 0 Å². The standard InChI is InChI=1S/C26H34N8O10S3/c1-17-23(27)25(29-11-14-45(36,37)15-12-35)30-26(28-10-3-13-44-2)24(17)34-33-21-9-6-19(16-22(21)47(41,42)43)32-31-18-4-7-20(8-5-18)46(38,39)40/h4-9,16,35H,3,10-15,27H2,1-2H3,(H2,28,29,30)(H,38,39,40)(H,41,42,43)/b32-31+,34-33+. The first-order valence-corrected chi connectivity index (χ1v) is 18.4. The smallest absolute Gasteiger partial charge is 0.296 e. The van der Waals surface area contributed by atoms with Gasteiger partial charge in [-0.1, -0.05) is 0 Å². The number of nitrogens with two attached hydrogens (primary N) is 1. The molecule has 1 heterocycles. The molecule has 0 spiro atoms. The van der Waals surface area contributed by atoms with Gasteiger partial charge in [0.2, 0.25) is 0 Å². The third-order valence-corrected chi connectivity index (χ3v) is 9.66. The lowest BCUT2D eigenvalue weighted by atomic mass is 10.2. The van der Waals surface area contributed by atoms with Gasteiger partial charge in [-0.2, -0.15) is 27.1 Å². The largest absolute Gasteiger partial charge is 0.395 e. The van der Waals surface area contributed by atoms with Gasteiger partial charge in [0.1, 0.15) is 16.3 Å². The number of methoxy groups -OCH3 is 1. The van der Waals surface area contributed by atoms with E-state index in [0.717, 1.165) is 18.2 Å². The van der Waals surface area contributed by atoms with E-state index in [9.17, 15) is 29.8 Å². The summed E-state index contributed by atoms with van der Waals surface area (Å²) in [5, 5.41) is 30.9. The van der Waals surface area contributed by atoms with E-state index in [1.807, 2.05) is 0 Å². The van der Waals surface area contributed by atoms with Crippen LogP contribution >= 0.6 is 0 Å². The Morgan fingerprint density at radius 2 is 1.47 bits per heavy atom. The molecule has 7 N–H and O–H groups in total. The molecule has 2 aromatic carbocycles. The monoisotopic (exact) mass is 714 g/mol. The van der Waals surface area contributed by atoms with Gasteiger partial charge < -0.3 is 26.2 Å². The number of nitrogen functional groups attached to an aromatic ring is 1. The zero-order valence-corrected chi connectivity index (χ0v) is 27.7. The van der Waals surface area contributed by atoms with Crippen LogP contribution in [0.2, 0.25) is 0 Å². The molecule has 18 nitrogen and oxygen atoms in total. The molecule has 0 radical (unpaired) electrons. The summed E-state index contributed by atoms with van der Waals surface area (Å²) in [5.74, 6) is -0.308. The van der Waals surface area contributed by atoms with E-state index in [-0.39, 0.29) is 63.0 Å². The van der Waals surface area contributed by atoms with Crippen LogP contribution in [0.5, 0.6) is 0 Å². The summed E-state index contributed by atoms with van der Waals surface area (Å²) in [4.78, 5) is 3.44. The van der Waals surface area contributed by atoms with Crippen molar-refractivity contribution in [3.8, 4) is 0 Å². The molecule has 0 atom stereocenters. The second kappa shape index (κ2) is 16.1. The van der Waals surface area contributed by atoms with E-state index in [1.165, 1.54) is 24.3 Å². The number of ether oxygens (including phenoxy) is 1. The number of rotatable bonds is 17. The van der Waals surface area contributed by atoms with E-state index in [2.05, 4.69) is 36.1 Å². The third-order valence-electron chi connectivity index (χ3n) is 6.28.